The van der Waals surface area contributed by atoms with Crippen LogP contribution in [0.1, 0.15) is 251 Å². The summed E-state index contributed by atoms with van der Waals surface area (Å²) < 4.78 is 49.3. The third-order valence-electron chi connectivity index (χ3n) is 15.7. The molecule has 0 heterocycles. The number of rotatable bonds is 42. The van der Waals surface area contributed by atoms with Gasteiger partial charge in [0.15, 0.2) is 0 Å². The third-order valence-corrected chi connectivity index (χ3v) is 15.7. The number of hydrogen-bond acceptors (Lipinski definition) is 12. The number of carbonyl (C=O) groups excluding carboxylic acids is 4. The molecule has 468 valence electrons. The normalized spacial score (nSPS) is 11.3. The molecule has 12 nitrogen and oxygen atoms in total. The fourth-order valence-corrected chi connectivity index (χ4v) is 11.3. The maximum Gasteiger partial charge on any atom is 0.339 e. The number of esters is 4. The van der Waals surface area contributed by atoms with E-state index in [1.165, 1.54) is 77.0 Å². The van der Waals surface area contributed by atoms with E-state index in [1.54, 1.807) is 45.9 Å². The van der Waals surface area contributed by atoms with Gasteiger partial charge in [-0.2, -0.15) is 0 Å². The van der Waals surface area contributed by atoms with Gasteiger partial charge >= 0.3 is 23.9 Å². The molecular formula is C74H100O12. The first-order chi connectivity index (χ1) is 42.0. The molecule has 86 heavy (non-hydrogen) atoms. The average Bonchev–Trinajstić information content (AvgIpc) is 0.942. The van der Waals surface area contributed by atoms with Crippen LogP contribution in [0.15, 0.2) is 72.8 Å². The molecule has 0 aromatic heterocycles. The molecule has 12 heteroatoms. The zero-order valence-electron chi connectivity index (χ0n) is 53.5. The number of fused-ring (bicyclic) bond motifs is 3. The van der Waals surface area contributed by atoms with E-state index in [1.807, 2.05) is 54.6 Å². The van der Waals surface area contributed by atoms with E-state index >= 15 is 0 Å². The van der Waals surface area contributed by atoms with Crippen LogP contribution in [0.5, 0.6) is 23.0 Å². The summed E-state index contributed by atoms with van der Waals surface area (Å²) in [4.78, 5) is 57.3. The van der Waals surface area contributed by atoms with Crippen molar-refractivity contribution in [1.29, 1.82) is 0 Å². The summed E-state index contributed by atoms with van der Waals surface area (Å²) in [7, 11) is 0. The van der Waals surface area contributed by atoms with Gasteiger partial charge < -0.3 is 37.9 Å². The van der Waals surface area contributed by atoms with Crippen molar-refractivity contribution < 1.29 is 57.1 Å². The van der Waals surface area contributed by atoms with Gasteiger partial charge in [0.25, 0.3) is 0 Å². The van der Waals surface area contributed by atoms with Crippen LogP contribution < -0.4 is 18.9 Å². The van der Waals surface area contributed by atoms with E-state index in [9.17, 15) is 19.2 Å². The molecule has 0 aliphatic rings. The molecule has 0 aliphatic carbocycles. The monoisotopic (exact) mass is 1180 g/mol. The van der Waals surface area contributed by atoms with Crippen molar-refractivity contribution in [3.8, 4) is 45.3 Å². The number of ether oxygens (including phenoxy) is 8. The van der Waals surface area contributed by atoms with E-state index in [4.69, 9.17) is 37.9 Å². The number of carbonyl (C=O) groups is 4. The van der Waals surface area contributed by atoms with E-state index < -0.39 is 23.9 Å². The lowest BCUT2D eigenvalue weighted by Crippen LogP contribution is -2.16. The van der Waals surface area contributed by atoms with Gasteiger partial charge in [0.2, 0.25) is 0 Å². The highest BCUT2D eigenvalue weighted by Gasteiger charge is 2.29. The summed E-state index contributed by atoms with van der Waals surface area (Å²) in [5.41, 5.74) is 2.73. The summed E-state index contributed by atoms with van der Waals surface area (Å²) in [5.74, 6) is -0.273. The van der Waals surface area contributed by atoms with Gasteiger partial charge in [-0.15, -0.1) is 0 Å². The minimum atomic E-state index is -0.684. The van der Waals surface area contributed by atoms with Crippen molar-refractivity contribution in [2.24, 2.45) is 0 Å². The number of unbranched alkanes of at least 4 members (excludes halogenated alkanes) is 20. The highest BCUT2D eigenvalue weighted by molar-refractivity contribution is 6.22. The van der Waals surface area contributed by atoms with Crippen LogP contribution in [0.4, 0.5) is 0 Å². The third kappa shape index (κ3) is 20.1. The minimum absolute atomic E-state index is 0.0431. The predicted octanol–water partition coefficient (Wildman–Crippen LogP) is 20.1. The van der Waals surface area contributed by atoms with Gasteiger partial charge in [0, 0.05) is 17.7 Å². The Hall–Kier alpha value is -6.82. The largest absolute Gasteiger partial charge is 0.493 e. The van der Waals surface area contributed by atoms with Gasteiger partial charge in [-0.1, -0.05) is 156 Å². The van der Waals surface area contributed by atoms with Crippen LogP contribution in [-0.2, 0) is 18.9 Å². The number of benzene rings is 6. The highest BCUT2D eigenvalue weighted by Crippen LogP contribution is 2.46. The first-order valence-corrected chi connectivity index (χ1v) is 33.1. The smallest absolute Gasteiger partial charge is 0.339 e. The molecular weight excluding hydrogens is 1080 g/mol. The molecule has 0 fully saturated rings. The maximum absolute atomic E-state index is 14.8. The van der Waals surface area contributed by atoms with Crippen LogP contribution in [0.25, 0.3) is 54.6 Å². The Morgan fingerprint density at radius 2 is 0.570 bits per heavy atom. The molecule has 0 spiro atoms. The quantitative estimate of drug-likeness (QED) is 0.0156. The Balaban J connectivity index is 1.68. The lowest BCUT2D eigenvalue weighted by molar-refractivity contribution is 0.0479. The van der Waals surface area contributed by atoms with Crippen molar-refractivity contribution in [3.05, 3.63) is 95.1 Å². The van der Waals surface area contributed by atoms with Gasteiger partial charge in [0.05, 0.1) is 75.1 Å². The molecule has 0 saturated carbocycles. The topological polar surface area (TPSA) is 142 Å². The first kappa shape index (κ1) is 68.3. The van der Waals surface area contributed by atoms with E-state index in [0.29, 0.717) is 82.1 Å². The molecule has 0 unspecified atom stereocenters. The van der Waals surface area contributed by atoms with E-state index in [0.717, 1.165) is 98.9 Å². The summed E-state index contributed by atoms with van der Waals surface area (Å²) in [6.45, 7) is 18.1. The maximum atomic E-state index is 14.8. The van der Waals surface area contributed by atoms with E-state index in [-0.39, 0.29) is 48.7 Å². The van der Waals surface area contributed by atoms with Gasteiger partial charge in [-0.05, 0) is 163 Å². The lowest BCUT2D eigenvalue weighted by Gasteiger charge is -2.21. The molecule has 0 bridgehead atoms. The molecule has 0 radical (unpaired) electrons. The van der Waals surface area contributed by atoms with Crippen molar-refractivity contribution in [2.75, 3.05) is 52.9 Å². The van der Waals surface area contributed by atoms with Crippen LogP contribution >= 0.6 is 0 Å². The second kappa shape index (κ2) is 37.7. The van der Waals surface area contributed by atoms with Crippen molar-refractivity contribution in [1.82, 2.24) is 0 Å². The Morgan fingerprint density at radius 1 is 0.279 bits per heavy atom. The van der Waals surface area contributed by atoms with Crippen molar-refractivity contribution >= 4 is 56.2 Å². The Morgan fingerprint density at radius 3 is 0.965 bits per heavy atom. The Labute approximate surface area is 513 Å². The second-order valence-electron chi connectivity index (χ2n) is 22.6. The lowest BCUT2D eigenvalue weighted by atomic mass is 9.85. The van der Waals surface area contributed by atoms with Crippen LogP contribution in [0.3, 0.4) is 0 Å². The van der Waals surface area contributed by atoms with Gasteiger partial charge in [-0.25, -0.2) is 19.2 Å². The summed E-state index contributed by atoms with van der Waals surface area (Å²) in [6, 6.07) is 22.9. The Kier molecular flexibility index (Phi) is 29.9. The molecule has 0 aliphatic heterocycles. The van der Waals surface area contributed by atoms with Crippen molar-refractivity contribution in [3.63, 3.8) is 0 Å². The molecule has 0 amide bonds. The molecule has 6 aromatic rings. The minimum Gasteiger partial charge on any atom is -0.493 e. The fourth-order valence-electron chi connectivity index (χ4n) is 11.3. The van der Waals surface area contributed by atoms with Crippen LogP contribution in [-0.4, -0.2) is 76.7 Å². The zero-order valence-corrected chi connectivity index (χ0v) is 53.5. The Bertz CT molecular complexity index is 3030. The summed E-state index contributed by atoms with van der Waals surface area (Å²) in [6.07, 6.45) is 26.6. The fraction of sp³-hybridized carbons (Fsp3) is 0.541. The highest BCUT2D eigenvalue weighted by atomic mass is 16.5. The van der Waals surface area contributed by atoms with Crippen LogP contribution in [0.2, 0.25) is 0 Å². The van der Waals surface area contributed by atoms with Crippen LogP contribution in [0, 0.1) is 0 Å². The van der Waals surface area contributed by atoms with Crippen molar-refractivity contribution in [2.45, 2.75) is 209 Å². The molecule has 6 rings (SSSR count). The predicted molar refractivity (Wildman–Crippen MR) is 349 cm³/mol. The average molecular weight is 1180 g/mol. The standard InChI is InChI=1S/C74H100O12/c1-9-17-21-25-29-33-37-83-58-42-56(43-59(50-58)84-38-34-30-26-22-18-10-2)68-62-47-55-49-67(73(77)81-15-7)70(74(78)82-16-8)69(63(55)46-53(62)41-54-48-65(71(75)79-13-5)66(52-64(54)68)72(76)80-14-6)57-44-60(85-39-35-31-27-23-19-11-3)51-61(45-57)86-40-36-32-28-24-20-12-4/h41-52H,9-40H2,1-8H3. The summed E-state index contributed by atoms with van der Waals surface area (Å²) in [5, 5.41) is 4.05. The van der Waals surface area contributed by atoms with Gasteiger partial charge in [0.1, 0.15) is 23.0 Å². The van der Waals surface area contributed by atoms with E-state index in [2.05, 4.69) is 27.7 Å². The molecule has 0 saturated heterocycles. The number of hydrogen-bond donors (Lipinski definition) is 0. The SMILES string of the molecule is CCCCCCCCOc1cc(OCCCCCCCC)cc(-c2c(C(=O)OCC)c(C(=O)OCC)cc3cc4c(-c5cc(OCCCCCCCC)cc(OCCCCCCCC)c5)c5cc(C(=O)OCC)c(C(=O)OCC)cc5cc4cc23)c1. The molecule has 0 atom stereocenters. The first-order valence-electron chi connectivity index (χ1n) is 33.1. The van der Waals surface area contributed by atoms with Gasteiger partial charge in [-0.3, -0.25) is 0 Å². The second-order valence-corrected chi connectivity index (χ2v) is 22.6. The summed E-state index contributed by atoms with van der Waals surface area (Å²) >= 11 is 0. The molecule has 6 aromatic carbocycles. The zero-order chi connectivity index (χ0) is 61.5. The molecule has 0 N–H and O–H groups in total.